The standard InChI is InChI=1S/C14H18ClN3O/c1-4-12(16-3)9(2)14-17-13(18-19-14)10-6-5-7-11(15)8-10/h5-9,12,16H,4H2,1-3H3. The summed E-state index contributed by atoms with van der Waals surface area (Å²) in [5.74, 6) is 1.40. The first-order valence-corrected chi connectivity index (χ1v) is 6.80. The first-order chi connectivity index (χ1) is 9.15. The molecule has 0 fully saturated rings. The van der Waals surface area contributed by atoms with E-state index in [1.807, 2.05) is 31.3 Å². The monoisotopic (exact) mass is 279 g/mol. The predicted molar refractivity (Wildman–Crippen MR) is 76.3 cm³/mol. The van der Waals surface area contributed by atoms with Crippen LogP contribution in [0.2, 0.25) is 5.02 Å². The molecule has 0 amide bonds. The Hall–Kier alpha value is -1.39. The van der Waals surface area contributed by atoms with Crippen molar-refractivity contribution in [1.29, 1.82) is 0 Å². The van der Waals surface area contributed by atoms with Crippen molar-refractivity contribution >= 4 is 11.6 Å². The summed E-state index contributed by atoms with van der Waals surface area (Å²) in [6, 6.07) is 7.77. The number of rotatable bonds is 5. The zero-order valence-electron chi connectivity index (χ0n) is 11.4. The molecular formula is C14H18ClN3O. The van der Waals surface area contributed by atoms with Gasteiger partial charge in [0.2, 0.25) is 11.7 Å². The molecule has 0 aliphatic carbocycles. The van der Waals surface area contributed by atoms with Gasteiger partial charge >= 0.3 is 0 Å². The first-order valence-electron chi connectivity index (χ1n) is 6.42. The number of hydrogen-bond acceptors (Lipinski definition) is 4. The lowest BCUT2D eigenvalue weighted by molar-refractivity contribution is 0.326. The van der Waals surface area contributed by atoms with Gasteiger partial charge in [0.1, 0.15) is 0 Å². The second-order valence-corrected chi connectivity index (χ2v) is 5.00. The molecule has 2 atom stereocenters. The van der Waals surface area contributed by atoms with Crippen LogP contribution in [0.1, 0.15) is 32.1 Å². The summed E-state index contributed by atoms with van der Waals surface area (Å²) in [6.45, 7) is 4.21. The molecule has 4 nitrogen and oxygen atoms in total. The maximum Gasteiger partial charge on any atom is 0.231 e. The largest absolute Gasteiger partial charge is 0.339 e. The smallest absolute Gasteiger partial charge is 0.231 e. The van der Waals surface area contributed by atoms with Crippen molar-refractivity contribution in [3.63, 3.8) is 0 Å². The molecule has 0 spiro atoms. The minimum absolute atomic E-state index is 0.176. The lowest BCUT2D eigenvalue weighted by Gasteiger charge is -2.18. The second kappa shape index (κ2) is 6.17. The van der Waals surface area contributed by atoms with E-state index in [1.54, 1.807) is 0 Å². The highest BCUT2D eigenvalue weighted by Gasteiger charge is 2.21. The van der Waals surface area contributed by atoms with Crippen LogP contribution in [-0.2, 0) is 0 Å². The highest BCUT2D eigenvalue weighted by atomic mass is 35.5. The van der Waals surface area contributed by atoms with E-state index < -0.39 is 0 Å². The fraction of sp³-hybridized carbons (Fsp3) is 0.429. The Labute approximate surface area is 118 Å². The molecule has 2 rings (SSSR count). The normalized spacial score (nSPS) is 14.3. The second-order valence-electron chi connectivity index (χ2n) is 4.56. The average Bonchev–Trinajstić information content (AvgIpc) is 2.89. The Morgan fingerprint density at radius 3 is 2.84 bits per heavy atom. The van der Waals surface area contributed by atoms with Crippen molar-refractivity contribution < 1.29 is 4.52 Å². The van der Waals surface area contributed by atoms with Gasteiger partial charge in [0.15, 0.2) is 0 Å². The van der Waals surface area contributed by atoms with Gasteiger partial charge in [0.25, 0.3) is 0 Å². The van der Waals surface area contributed by atoms with Gasteiger partial charge in [-0.05, 0) is 25.6 Å². The van der Waals surface area contributed by atoms with Crippen LogP contribution in [0.25, 0.3) is 11.4 Å². The van der Waals surface area contributed by atoms with Crippen molar-refractivity contribution in [1.82, 2.24) is 15.5 Å². The zero-order chi connectivity index (χ0) is 13.8. The molecule has 5 heteroatoms. The fourth-order valence-electron chi connectivity index (χ4n) is 2.14. The molecule has 0 saturated carbocycles. The Kier molecular flexibility index (Phi) is 4.56. The van der Waals surface area contributed by atoms with Crippen LogP contribution in [0, 0.1) is 0 Å². The molecule has 0 saturated heterocycles. The minimum atomic E-state index is 0.176. The van der Waals surface area contributed by atoms with Gasteiger partial charge in [-0.2, -0.15) is 4.98 Å². The van der Waals surface area contributed by atoms with Crippen molar-refractivity contribution in [2.75, 3.05) is 7.05 Å². The highest BCUT2D eigenvalue weighted by molar-refractivity contribution is 6.30. The van der Waals surface area contributed by atoms with Gasteiger partial charge in [-0.1, -0.05) is 42.7 Å². The average molecular weight is 280 g/mol. The maximum atomic E-state index is 5.96. The maximum absolute atomic E-state index is 5.96. The Morgan fingerprint density at radius 2 is 2.21 bits per heavy atom. The third kappa shape index (κ3) is 3.14. The van der Waals surface area contributed by atoms with Crippen LogP contribution >= 0.6 is 11.6 Å². The van der Waals surface area contributed by atoms with Gasteiger partial charge in [0, 0.05) is 16.6 Å². The van der Waals surface area contributed by atoms with Gasteiger partial charge in [-0.15, -0.1) is 0 Å². The zero-order valence-corrected chi connectivity index (χ0v) is 12.1. The minimum Gasteiger partial charge on any atom is -0.339 e. The third-order valence-corrected chi connectivity index (χ3v) is 3.56. The molecule has 0 bridgehead atoms. The summed E-state index contributed by atoms with van der Waals surface area (Å²) in [7, 11) is 1.94. The van der Waals surface area contributed by atoms with Crippen LogP contribution in [-0.4, -0.2) is 23.2 Å². The summed E-state index contributed by atoms with van der Waals surface area (Å²) in [5, 5.41) is 7.95. The molecule has 1 N–H and O–H groups in total. The lowest BCUT2D eigenvalue weighted by atomic mass is 10.00. The van der Waals surface area contributed by atoms with Crippen molar-refractivity contribution in [3.8, 4) is 11.4 Å². The molecule has 1 aromatic heterocycles. The summed E-state index contributed by atoms with van der Waals surface area (Å²) >= 11 is 5.96. The van der Waals surface area contributed by atoms with Gasteiger partial charge in [-0.25, -0.2) is 0 Å². The van der Waals surface area contributed by atoms with Crippen LogP contribution in [0.15, 0.2) is 28.8 Å². The molecule has 0 radical (unpaired) electrons. The third-order valence-electron chi connectivity index (χ3n) is 3.33. The number of hydrogen-bond donors (Lipinski definition) is 1. The lowest BCUT2D eigenvalue weighted by Crippen LogP contribution is -2.30. The van der Waals surface area contributed by atoms with Crippen LogP contribution < -0.4 is 5.32 Å². The summed E-state index contributed by atoms with van der Waals surface area (Å²) in [6.07, 6.45) is 1.01. The van der Waals surface area contributed by atoms with E-state index in [0.29, 0.717) is 22.8 Å². The number of halogens is 1. The quantitative estimate of drug-likeness (QED) is 0.910. The molecule has 2 unspecified atom stereocenters. The van der Waals surface area contributed by atoms with E-state index in [9.17, 15) is 0 Å². The van der Waals surface area contributed by atoms with E-state index in [-0.39, 0.29) is 5.92 Å². The van der Waals surface area contributed by atoms with Gasteiger partial charge < -0.3 is 9.84 Å². The molecule has 1 heterocycles. The molecule has 0 aliphatic heterocycles. The number of nitrogens with zero attached hydrogens (tertiary/aromatic N) is 2. The molecule has 102 valence electrons. The molecular weight excluding hydrogens is 262 g/mol. The van der Waals surface area contributed by atoms with Crippen LogP contribution in [0.4, 0.5) is 0 Å². The van der Waals surface area contributed by atoms with E-state index in [2.05, 4.69) is 29.3 Å². The number of likely N-dealkylation sites (N-methyl/N-ethyl adjacent to an activating group) is 1. The van der Waals surface area contributed by atoms with E-state index in [1.165, 1.54) is 0 Å². The van der Waals surface area contributed by atoms with E-state index >= 15 is 0 Å². The Bertz CT molecular complexity index is 537. The topological polar surface area (TPSA) is 51.0 Å². The molecule has 19 heavy (non-hydrogen) atoms. The fourth-order valence-corrected chi connectivity index (χ4v) is 2.34. The molecule has 0 aliphatic rings. The SMILES string of the molecule is CCC(NC)C(C)c1nc(-c2cccc(Cl)c2)no1. The number of nitrogens with one attached hydrogen (secondary N) is 1. The first kappa shape index (κ1) is 14.0. The van der Waals surface area contributed by atoms with Crippen molar-refractivity contribution in [3.05, 3.63) is 35.2 Å². The number of benzene rings is 1. The number of aromatic nitrogens is 2. The summed E-state index contributed by atoms with van der Waals surface area (Å²) in [5.41, 5.74) is 0.868. The van der Waals surface area contributed by atoms with E-state index in [4.69, 9.17) is 16.1 Å². The van der Waals surface area contributed by atoms with Crippen molar-refractivity contribution in [2.45, 2.75) is 32.2 Å². The highest BCUT2D eigenvalue weighted by Crippen LogP contribution is 2.24. The Balaban J connectivity index is 2.24. The molecule has 1 aromatic carbocycles. The van der Waals surface area contributed by atoms with E-state index in [0.717, 1.165) is 12.0 Å². The Morgan fingerprint density at radius 1 is 1.42 bits per heavy atom. The molecule has 2 aromatic rings. The predicted octanol–water partition coefficient (Wildman–Crippen LogP) is 3.49. The van der Waals surface area contributed by atoms with Gasteiger partial charge in [-0.3, -0.25) is 0 Å². The summed E-state index contributed by atoms with van der Waals surface area (Å²) < 4.78 is 5.36. The summed E-state index contributed by atoms with van der Waals surface area (Å²) in [4.78, 5) is 4.46. The van der Waals surface area contributed by atoms with Gasteiger partial charge in [0.05, 0.1) is 5.92 Å². The van der Waals surface area contributed by atoms with Crippen LogP contribution in [0.3, 0.4) is 0 Å². The van der Waals surface area contributed by atoms with Crippen molar-refractivity contribution in [2.24, 2.45) is 0 Å². The van der Waals surface area contributed by atoms with Crippen LogP contribution in [0.5, 0.6) is 0 Å².